The van der Waals surface area contributed by atoms with Gasteiger partial charge < -0.3 is 14.6 Å². The predicted octanol–water partition coefficient (Wildman–Crippen LogP) is 2.11. The molecule has 3 heterocycles. The molecule has 0 radical (unpaired) electrons. The smallest absolute Gasteiger partial charge is 0.138 e. The van der Waals surface area contributed by atoms with E-state index in [4.69, 9.17) is 9.47 Å². The number of hydrogen-bond acceptors (Lipinski definition) is 5. The average Bonchev–Trinajstić information content (AvgIpc) is 3.04. The number of ether oxygens (including phenoxy) is 2. The second-order valence-corrected chi connectivity index (χ2v) is 6.46. The zero-order valence-electron chi connectivity index (χ0n) is 13.3. The lowest BCUT2D eigenvalue weighted by atomic mass is 10.1. The van der Waals surface area contributed by atoms with Gasteiger partial charge in [-0.15, -0.1) is 0 Å². The summed E-state index contributed by atoms with van der Waals surface area (Å²) in [7, 11) is 0. The van der Waals surface area contributed by atoms with Gasteiger partial charge in [0.15, 0.2) is 0 Å². The van der Waals surface area contributed by atoms with Crippen LogP contribution < -0.4 is 0 Å². The number of hydrogen-bond donors (Lipinski definition) is 1. The van der Waals surface area contributed by atoms with Crippen LogP contribution in [0.4, 0.5) is 0 Å². The molecule has 0 amide bonds. The quantitative estimate of drug-likeness (QED) is 0.903. The number of aromatic nitrogens is 1. The van der Waals surface area contributed by atoms with Crippen molar-refractivity contribution in [2.24, 2.45) is 5.92 Å². The van der Waals surface area contributed by atoms with Crippen LogP contribution >= 0.6 is 0 Å². The Labute approximate surface area is 132 Å². The van der Waals surface area contributed by atoms with Crippen LogP contribution in [0.3, 0.4) is 0 Å². The molecule has 1 aromatic rings. The van der Waals surface area contributed by atoms with Crippen molar-refractivity contribution in [2.75, 3.05) is 32.9 Å². The molecule has 2 saturated heterocycles. The molecule has 0 saturated carbocycles. The van der Waals surface area contributed by atoms with Gasteiger partial charge in [0, 0.05) is 37.9 Å². The van der Waals surface area contributed by atoms with Crippen LogP contribution in [0.25, 0.3) is 0 Å². The largest absolute Gasteiger partial charge is 0.506 e. The van der Waals surface area contributed by atoms with Gasteiger partial charge in [0.2, 0.25) is 0 Å². The number of aryl methyl sites for hydroxylation is 1. The van der Waals surface area contributed by atoms with E-state index in [0.29, 0.717) is 17.8 Å². The molecule has 1 N–H and O–H groups in total. The first-order valence-corrected chi connectivity index (χ1v) is 8.28. The van der Waals surface area contributed by atoms with Gasteiger partial charge in [-0.2, -0.15) is 0 Å². The Hall–Kier alpha value is -1.17. The highest BCUT2D eigenvalue weighted by atomic mass is 16.5. The maximum Gasteiger partial charge on any atom is 0.138 e. The first-order valence-electron chi connectivity index (χ1n) is 8.28. The second-order valence-electron chi connectivity index (χ2n) is 6.46. The second kappa shape index (κ2) is 7.40. The summed E-state index contributed by atoms with van der Waals surface area (Å²) in [5.41, 5.74) is 1.73. The number of pyridine rings is 1. The van der Waals surface area contributed by atoms with Crippen molar-refractivity contribution in [3.05, 3.63) is 23.5 Å². The fourth-order valence-electron chi connectivity index (χ4n) is 3.15. The molecule has 1 aromatic heterocycles. The number of rotatable bonds is 5. The first-order chi connectivity index (χ1) is 10.7. The average molecular weight is 306 g/mol. The van der Waals surface area contributed by atoms with Crippen molar-refractivity contribution in [1.82, 2.24) is 9.88 Å². The summed E-state index contributed by atoms with van der Waals surface area (Å²) in [6, 6.07) is 3.57. The summed E-state index contributed by atoms with van der Waals surface area (Å²) in [6.07, 6.45) is 3.62. The van der Waals surface area contributed by atoms with Gasteiger partial charge in [-0.05, 0) is 38.3 Å². The molecule has 22 heavy (non-hydrogen) atoms. The van der Waals surface area contributed by atoms with Gasteiger partial charge >= 0.3 is 0 Å². The molecule has 5 heteroatoms. The lowest BCUT2D eigenvalue weighted by Crippen LogP contribution is -2.37. The summed E-state index contributed by atoms with van der Waals surface area (Å²) >= 11 is 0. The van der Waals surface area contributed by atoms with Crippen LogP contribution in [0.5, 0.6) is 5.75 Å². The van der Waals surface area contributed by atoms with Gasteiger partial charge in [0.1, 0.15) is 5.75 Å². The highest BCUT2D eigenvalue weighted by molar-refractivity contribution is 5.27. The molecule has 2 aliphatic rings. The summed E-state index contributed by atoms with van der Waals surface area (Å²) in [4.78, 5) is 6.78. The monoisotopic (exact) mass is 306 g/mol. The van der Waals surface area contributed by atoms with Crippen molar-refractivity contribution >= 4 is 0 Å². The molecular weight excluding hydrogens is 280 g/mol. The summed E-state index contributed by atoms with van der Waals surface area (Å²) in [5.74, 6) is 0.886. The van der Waals surface area contributed by atoms with E-state index < -0.39 is 0 Å². The van der Waals surface area contributed by atoms with Gasteiger partial charge in [-0.1, -0.05) is 0 Å². The van der Waals surface area contributed by atoms with Crippen LogP contribution in [0.2, 0.25) is 0 Å². The fourth-order valence-corrected chi connectivity index (χ4v) is 3.15. The summed E-state index contributed by atoms with van der Waals surface area (Å²) in [6.45, 7) is 7.26. The van der Waals surface area contributed by atoms with E-state index in [1.807, 2.05) is 13.0 Å². The fraction of sp³-hybridized carbons (Fsp3) is 0.706. The van der Waals surface area contributed by atoms with Crippen molar-refractivity contribution in [3.63, 3.8) is 0 Å². The van der Waals surface area contributed by atoms with Gasteiger partial charge in [0.25, 0.3) is 0 Å². The third kappa shape index (κ3) is 4.18. The van der Waals surface area contributed by atoms with E-state index >= 15 is 0 Å². The molecule has 0 aliphatic carbocycles. The van der Waals surface area contributed by atoms with E-state index in [9.17, 15) is 5.11 Å². The predicted molar refractivity (Wildman–Crippen MR) is 83.8 cm³/mol. The lowest BCUT2D eigenvalue weighted by Gasteiger charge is -2.32. The van der Waals surface area contributed by atoms with Crippen LogP contribution in [0, 0.1) is 12.8 Å². The molecule has 122 valence electrons. The summed E-state index contributed by atoms with van der Waals surface area (Å²) in [5, 5.41) is 9.90. The zero-order valence-corrected chi connectivity index (χ0v) is 13.3. The molecule has 0 unspecified atom stereocenters. The van der Waals surface area contributed by atoms with Crippen molar-refractivity contribution < 1.29 is 14.6 Å². The standard InChI is InChI=1S/C17H26N2O3/c1-13-2-3-17(20)16(18-13)10-19-7-4-15(5-8-19)22-12-14-6-9-21-11-14/h2-3,14-15,20H,4-12H2,1H3/t14-/m1/s1. The molecular formula is C17H26N2O3. The van der Waals surface area contributed by atoms with Crippen LogP contribution in [0.1, 0.15) is 30.7 Å². The topological polar surface area (TPSA) is 54.8 Å². The molecule has 1 atom stereocenters. The Morgan fingerprint density at radius 1 is 1.32 bits per heavy atom. The highest BCUT2D eigenvalue weighted by Crippen LogP contribution is 2.21. The van der Waals surface area contributed by atoms with Crippen LogP contribution in [0.15, 0.2) is 12.1 Å². The number of likely N-dealkylation sites (tertiary alicyclic amines) is 1. The lowest BCUT2D eigenvalue weighted by molar-refractivity contribution is -0.0119. The van der Waals surface area contributed by atoms with Crippen molar-refractivity contribution in [3.8, 4) is 5.75 Å². The third-order valence-corrected chi connectivity index (χ3v) is 4.59. The molecule has 2 aliphatic heterocycles. The van der Waals surface area contributed by atoms with E-state index in [2.05, 4.69) is 9.88 Å². The third-order valence-electron chi connectivity index (χ3n) is 4.59. The van der Waals surface area contributed by atoms with Gasteiger partial charge in [-0.25, -0.2) is 0 Å². The number of piperidine rings is 1. The van der Waals surface area contributed by atoms with Crippen LogP contribution in [-0.2, 0) is 16.0 Å². The Morgan fingerprint density at radius 2 is 2.14 bits per heavy atom. The molecule has 5 nitrogen and oxygen atoms in total. The van der Waals surface area contributed by atoms with E-state index in [1.165, 1.54) is 0 Å². The highest BCUT2D eigenvalue weighted by Gasteiger charge is 2.23. The Kier molecular flexibility index (Phi) is 5.28. The minimum Gasteiger partial charge on any atom is -0.506 e. The first kappa shape index (κ1) is 15.7. The number of nitrogens with zero attached hydrogens (tertiary/aromatic N) is 2. The van der Waals surface area contributed by atoms with E-state index in [-0.39, 0.29) is 0 Å². The van der Waals surface area contributed by atoms with Gasteiger partial charge in [-0.3, -0.25) is 9.88 Å². The van der Waals surface area contributed by atoms with Gasteiger partial charge in [0.05, 0.1) is 25.0 Å². The van der Waals surface area contributed by atoms with Crippen LogP contribution in [-0.4, -0.2) is 54.0 Å². The van der Waals surface area contributed by atoms with Crippen molar-refractivity contribution in [1.29, 1.82) is 0 Å². The molecule has 0 aromatic carbocycles. The summed E-state index contributed by atoms with van der Waals surface area (Å²) < 4.78 is 11.4. The molecule has 3 rings (SSSR count). The molecule has 0 spiro atoms. The van der Waals surface area contributed by atoms with E-state index in [1.54, 1.807) is 6.07 Å². The Bertz CT molecular complexity index is 481. The maximum absolute atomic E-state index is 9.90. The maximum atomic E-state index is 9.90. The number of aromatic hydroxyl groups is 1. The minimum atomic E-state index is 0.296. The molecule has 0 bridgehead atoms. The molecule has 2 fully saturated rings. The van der Waals surface area contributed by atoms with Crippen molar-refractivity contribution in [2.45, 2.75) is 38.8 Å². The Balaban J connectivity index is 1.42. The SMILES string of the molecule is Cc1ccc(O)c(CN2CCC(OC[C@@H]3CCOC3)CC2)n1. The normalized spacial score (nSPS) is 24.0. The minimum absolute atomic E-state index is 0.296. The zero-order chi connectivity index (χ0) is 15.4. The van der Waals surface area contributed by atoms with E-state index in [0.717, 1.165) is 70.1 Å². The Morgan fingerprint density at radius 3 is 2.86 bits per heavy atom.